The Morgan fingerprint density at radius 3 is 2.80 bits per heavy atom. The molecule has 7 heteroatoms. The van der Waals surface area contributed by atoms with E-state index in [2.05, 4.69) is 10.3 Å². The number of hydrogen-bond acceptors (Lipinski definition) is 5. The maximum Gasteiger partial charge on any atom is 0.255 e. The molecule has 3 aromatic rings. The molecule has 0 saturated heterocycles. The standard InChI is InChI=1S/C18H15ClN2O3S/c1-23-17-8-12(18(22)21-15-5-3-2-4-14(15)19)6-7-16(17)24-9-13-10-25-11-20-13/h2-8,10-11H,9H2,1H3,(H,21,22). The van der Waals surface area contributed by atoms with Gasteiger partial charge < -0.3 is 14.8 Å². The van der Waals surface area contributed by atoms with Gasteiger partial charge in [-0.15, -0.1) is 11.3 Å². The van der Waals surface area contributed by atoms with Crippen molar-refractivity contribution in [1.82, 2.24) is 4.98 Å². The Morgan fingerprint density at radius 1 is 1.24 bits per heavy atom. The molecule has 1 N–H and O–H groups in total. The zero-order valence-electron chi connectivity index (χ0n) is 13.4. The Kier molecular flexibility index (Phi) is 5.53. The molecule has 1 heterocycles. The molecule has 0 bridgehead atoms. The highest BCUT2D eigenvalue weighted by Gasteiger charge is 2.13. The number of halogens is 1. The van der Waals surface area contributed by atoms with Crippen LogP contribution in [0.25, 0.3) is 0 Å². The number of rotatable bonds is 6. The first-order valence-corrected chi connectivity index (χ1v) is 8.73. The maximum absolute atomic E-state index is 12.4. The second-order valence-electron chi connectivity index (χ2n) is 5.07. The lowest BCUT2D eigenvalue weighted by Gasteiger charge is -2.12. The molecule has 0 unspecified atom stereocenters. The number of carbonyl (C=O) groups is 1. The molecule has 1 amide bonds. The molecule has 25 heavy (non-hydrogen) atoms. The van der Waals surface area contributed by atoms with E-state index in [4.69, 9.17) is 21.1 Å². The van der Waals surface area contributed by atoms with E-state index in [1.165, 1.54) is 18.4 Å². The first-order valence-electron chi connectivity index (χ1n) is 7.41. The molecule has 128 valence electrons. The van der Waals surface area contributed by atoms with Crippen LogP contribution in [0.4, 0.5) is 5.69 Å². The average Bonchev–Trinajstić information content (AvgIpc) is 3.15. The molecule has 0 aliphatic rings. The van der Waals surface area contributed by atoms with E-state index in [1.54, 1.807) is 48.0 Å². The summed E-state index contributed by atoms with van der Waals surface area (Å²) in [6, 6.07) is 12.1. The van der Waals surface area contributed by atoms with Gasteiger partial charge >= 0.3 is 0 Å². The van der Waals surface area contributed by atoms with Crippen molar-refractivity contribution in [2.75, 3.05) is 12.4 Å². The number of thiazole rings is 1. The summed E-state index contributed by atoms with van der Waals surface area (Å²) < 4.78 is 11.0. The molecule has 5 nitrogen and oxygen atoms in total. The number of carbonyl (C=O) groups excluding carboxylic acids is 1. The van der Waals surface area contributed by atoms with Gasteiger partial charge in [0.1, 0.15) is 6.61 Å². The van der Waals surface area contributed by atoms with E-state index in [1.807, 2.05) is 5.38 Å². The van der Waals surface area contributed by atoms with Gasteiger partial charge in [0.25, 0.3) is 5.91 Å². The Labute approximate surface area is 154 Å². The van der Waals surface area contributed by atoms with Crippen LogP contribution in [0.5, 0.6) is 11.5 Å². The van der Waals surface area contributed by atoms with Crippen LogP contribution in [-0.4, -0.2) is 18.0 Å². The highest BCUT2D eigenvalue weighted by Crippen LogP contribution is 2.29. The Morgan fingerprint density at radius 2 is 2.08 bits per heavy atom. The van der Waals surface area contributed by atoms with E-state index >= 15 is 0 Å². The van der Waals surface area contributed by atoms with Crippen LogP contribution in [0.2, 0.25) is 5.02 Å². The molecule has 2 aromatic carbocycles. The fourth-order valence-corrected chi connectivity index (χ4v) is 2.87. The number of benzene rings is 2. The second kappa shape index (κ2) is 8.00. The molecule has 1 aromatic heterocycles. The first-order chi connectivity index (χ1) is 12.2. The van der Waals surface area contributed by atoms with Crippen LogP contribution < -0.4 is 14.8 Å². The third kappa shape index (κ3) is 4.29. The van der Waals surface area contributed by atoms with Crippen LogP contribution in [0, 0.1) is 0 Å². The van der Waals surface area contributed by atoms with Crippen molar-refractivity contribution in [1.29, 1.82) is 0 Å². The predicted octanol–water partition coefficient (Wildman–Crippen LogP) is 4.64. The van der Waals surface area contributed by atoms with Crippen LogP contribution in [0.15, 0.2) is 53.4 Å². The van der Waals surface area contributed by atoms with Crippen molar-refractivity contribution >= 4 is 34.5 Å². The summed E-state index contributed by atoms with van der Waals surface area (Å²) in [4.78, 5) is 16.6. The number of nitrogens with one attached hydrogen (secondary N) is 1. The Balaban J connectivity index is 1.74. The van der Waals surface area contributed by atoms with Gasteiger partial charge in [0.15, 0.2) is 11.5 Å². The van der Waals surface area contributed by atoms with Crippen molar-refractivity contribution in [2.24, 2.45) is 0 Å². The monoisotopic (exact) mass is 374 g/mol. The number of amides is 1. The number of nitrogens with zero attached hydrogens (tertiary/aromatic N) is 1. The Hall–Kier alpha value is -2.57. The summed E-state index contributed by atoms with van der Waals surface area (Å²) in [7, 11) is 1.53. The molecule has 0 aliphatic carbocycles. The summed E-state index contributed by atoms with van der Waals surface area (Å²) in [6.45, 7) is 0.338. The van der Waals surface area contributed by atoms with Crippen LogP contribution >= 0.6 is 22.9 Å². The molecule has 0 fully saturated rings. The summed E-state index contributed by atoms with van der Waals surface area (Å²) in [5, 5.41) is 5.17. The number of hydrogen-bond donors (Lipinski definition) is 1. The number of methoxy groups -OCH3 is 1. The largest absolute Gasteiger partial charge is 0.493 e. The van der Waals surface area contributed by atoms with E-state index in [-0.39, 0.29) is 5.91 Å². The van der Waals surface area contributed by atoms with Gasteiger partial charge in [-0.05, 0) is 30.3 Å². The minimum atomic E-state index is -0.280. The highest BCUT2D eigenvalue weighted by atomic mass is 35.5. The van der Waals surface area contributed by atoms with Crippen molar-refractivity contribution in [3.63, 3.8) is 0 Å². The SMILES string of the molecule is COc1cc(C(=O)Nc2ccccc2Cl)ccc1OCc1cscn1. The Bertz CT molecular complexity index is 869. The summed E-state index contributed by atoms with van der Waals surface area (Å²) >= 11 is 7.57. The van der Waals surface area contributed by atoms with E-state index in [9.17, 15) is 4.79 Å². The molecule has 0 spiro atoms. The third-order valence-electron chi connectivity index (χ3n) is 3.41. The summed E-state index contributed by atoms with van der Waals surface area (Å²) in [5.74, 6) is 0.740. The zero-order chi connectivity index (χ0) is 17.6. The normalized spacial score (nSPS) is 10.3. The highest BCUT2D eigenvalue weighted by molar-refractivity contribution is 7.07. The first kappa shape index (κ1) is 17.3. The second-order valence-corrected chi connectivity index (χ2v) is 6.19. The number of aromatic nitrogens is 1. The minimum absolute atomic E-state index is 0.280. The quantitative estimate of drug-likeness (QED) is 0.683. The van der Waals surface area contributed by atoms with E-state index in [0.717, 1.165) is 5.69 Å². The van der Waals surface area contributed by atoms with Crippen LogP contribution in [0.1, 0.15) is 16.1 Å². The van der Waals surface area contributed by atoms with Gasteiger partial charge in [-0.25, -0.2) is 4.98 Å². The molecule has 0 aliphatic heterocycles. The topological polar surface area (TPSA) is 60.5 Å². The van der Waals surface area contributed by atoms with Gasteiger partial charge in [-0.1, -0.05) is 23.7 Å². The third-order valence-corrected chi connectivity index (χ3v) is 4.37. The number of ether oxygens (including phenoxy) is 2. The maximum atomic E-state index is 12.4. The molecule has 0 radical (unpaired) electrons. The fraction of sp³-hybridized carbons (Fsp3) is 0.111. The summed E-state index contributed by atoms with van der Waals surface area (Å²) in [5.41, 5.74) is 3.58. The zero-order valence-corrected chi connectivity index (χ0v) is 14.9. The van der Waals surface area contributed by atoms with Gasteiger partial charge in [-0.2, -0.15) is 0 Å². The predicted molar refractivity (Wildman–Crippen MR) is 98.8 cm³/mol. The molecule has 0 saturated carbocycles. The van der Waals surface area contributed by atoms with Gasteiger partial charge in [0.05, 0.1) is 29.0 Å². The lowest BCUT2D eigenvalue weighted by atomic mass is 10.2. The van der Waals surface area contributed by atoms with Gasteiger partial charge in [-0.3, -0.25) is 4.79 Å². The van der Waals surface area contributed by atoms with E-state index in [0.29, 0.717) is 34.4 Å². The minimum Gasteiger partial charge on any atom is -0.493 e. The molecular weight excluding hydrogens is 360 g/mol. The number of para-hydroxylation sites is 1. The van der Waals surface area contributed by atoms with E-state index < -0.39 is 0 Å². The molecule has 0 atom stereocenters. The van der Waals surface area contributed by atoms with Gasteiger partial charge in [0, 0.05) is 10.9 Å². The van der Waals surface area contributed by atoms with Crippen molar-refractivity contribution in [2.45, 2.75) is 6.61 Å². The lowest BCUT2D eigenvalue weighted by Crippen LogP contribution is -2.12. The molecule has 3 rings (SSSR count). The van der Waals surface area contributed by atoms with Gasteiger partial charge in [0.2, 0.25) is 0 Å². The van der Waals surface area contributed by atoms with Crippen LogP contribution in [-0.2, 0) is 6.61 Å². The lowest BCUT2D eigenvalue weighted by molar-refractivity contribution is 0.102. The van der Waals surface area contributed by atoms with Crippen LogP contribution in [0.3, 0.4) is 0 Å². The van der Waals surface area contributed by atoms with Crippen molar-refractivity contribution in [3.05, 3.63) is 69.6 Å². The average molecular weight is 375 g/mol. The smallest absolute Gasteiger partial charge is 0.255 e. The molecular formula is C18H15ClN2O3S. The fourth-order valence-electron chi connectivity index (χ4n) is 2.15. The number of anilines is 1. The summed E-state index contributed by atoms with van der Waals surface area (Å²) in [6.07, 6.45) is 0. The van der Waals surface area contributed by atoms with Crippen molar-refractivity contribution in [3.8, 4) is 11.5 Å². The van der Waals surface area contributed by atoms with Crippen molar-refractivity contribution < 1.29 is 14.3 Å².